The van der Waals surface area contributed by atoms with Crippen LogP contribution in [0.1, 0.15) is 55.3 Å². The average molecular weight is 398 g/mol. The smallest absolute Gasteiger partial charge is 0.169 e. The van der Waals surface area contributed by atoms with Gasteiger partial charge < -0.3 is 13.8 Å². The fraction of sp³-hybridized carbons (Fsp3) is 0.455. The Labute approximate surface area is 170 Å². The maximum atomic E-state index is 5.60. The maximum absolute atomic E-state index is 5.60. The molecule has 0 saturated heterocycles. The molecular weight excluding hydrogens is 370 g/mol. The summed E-state index contributed by atoms with van der Waals surface area (Å²) in [5.74, 6) is 2.36. The Morgan fingerprint density at radius 3 is 2.75 bits per heavy atom. The van der Waals surface area contributed by atoms with Gasteiger partial charge in [-0.3, -0.25) is 0 Å². The van der Waals surface area contributed by atoms with Crippen LogP contribution in [0.5, 0.6) is 5.75 Å². The Bertz CT molecular complexity index is 941. The van der Waals surface area contributed by atoms with Crippen LogP contribution >= 0.6 is 11.8 Å². The fourth-order valence-corrected chi connectivity index (χ4v) is 5.00. The van der Waals surface area contributed by atoms with Gasteiger partial charge in [-0.1, -0.05) is 48.3 Å². The highest BCUT2D eigenvalue weighted by Crippen LogP contribution is 2.36. The molecule has 28 heavy (non-hydrogen) atoms. The fourth-order valence-electron chi connectivity index (χ4n) is 3.97. The van der Waals surface area contributed by atoms with Crippen LogP contribution in [0, 0.1) is 13.8 Å². The molecule has 6 heteroatoms. The third kappa shape index (κ3) is 3.83. The lowest BCUT2D eigenvalue weighted by molar-refractivity contribution is 0.332. The van der Waals surface area contributed by atoms with Crippen molar-refractivity contribution < 1.29 is 9.26 Å². The molecule has 148 valence electrons. The number of aromatic nitrogens is 3. The van der Waals surface area contributed by atoms with Crippen molar-refractivity contribution in [1.29, 1.82) is 0 Å². The van der Waals surface area contributed by atoms with Gasteiger partial charge in [-0.25, -0.2) is 4.98 Å². The van der Waals surface area contributed by atoms with E-state index in [1.807, 2.05) is 30.3 Å². The SMILES string of the molecule is COc1ccccc1-c1cc(CSc2nc(C)c(C)n2C2CCCCC2)on1. The van der Waals surface area contributed by atoms with Gasteiger partial charge in [0.25, 0.3) is 0 Å². The Morgan fingerprint density at radius 1 is 1.18 bits per heavy atom. The van der Waals surface area contributed by atoms with E-state index in [0.717, 1.165) is 33.6 Å². The molecule has 0 unspecified atom stereocenters. The van der Waals surface area contributed by atoms with Crippen LogP contribution in [0.25, 0.3) is 11.3 Å². The van der Waals surface area contributed by atoms with Gasteiger partial charge in [0.1, 0.15) is 17.2 Å². The molecule has 5 nitrogen and oxygen atoms in total. The first-order valence-electron chi connectivity index (χ1n) is 9.94. The predicted molar refractivity (Wildman–Crippen MR) is 112 cm³/mol. The second kappa shape index (κ2) is 8.43. The molecule has 2 heterocycles. The van der Waals surface area contributed by atoms with Crippen molar-refractivity contribution in [1.82, 2.24) is 14.7 Å². The molecule has 0 bridgehead atoms. The van der Waals surface area contributed by atoms with E-state index in [1.54, 1.807) is 18.9 Å². The summed E-state index contributed by atoms with van der Waals surface area (Å²) in [5, 5.41) is 5.34. The summed E-state index contributed by atoms with van der Waals surface area (Å²) in [6, 6.07) is 10.4. The summed E-state index contributed by atoms with van der Waals surface area (Å²) in [5.41, 5.74) is 4.17. The van der Waals surface area contributed by atoms with Crippen molar-refractivity contribution in [3.05, 3.63) is 47.5 Å². The van der Waals surface area contributed by atoms with Crippen molar-refractivity contribution in [2.75, 3.05) is 7.11 Å². The van der Waals surface area contributed by atoms with Crippen LogP contribution in [-0.2, 0) is 5.75 Å². The number of imidazole rings is 1. The van der Waals surface area contributed by atoms with Gasteiger partial charge >= 0.3 is 0 Å². The molecule has 0 atom stereocenters. The molecule has 1 aliphatic rings. The third-order valence-electron chi connectivity index (χ3n) is 5.58. The lowest BCUT2D eigenvalue weighted by Crippen LogP contribution is -2.15. The highest BCUT2D eigenvalue weighted by molar-refractivity contribution is 7.98. The number of thioether (sulfide) groups is 1. The molecule has 1 fully saturated rings. The summed E-state index contributed by atoms with van der Waals surface area (Å²) in [7, 11) is 1.67. The van der Waals surface area contributed by atoms with E-state index in [1.165, 1.54) is 37.8 Å². The van der Waals surface area contributed by atoms with E-state index in [4.69, 9.17) is 14.2 Å². The molecule has 1 saturated carbocycles. The zero-order valence-electron chi connectivity index (χ0n) is 16.8. The molecule has 4 rings (SSSR count). The molecule has 1 aliphatic carbocycles. The predicted octanol–water partition coefficient (Wildman–Crippen LogP) is 5.96. The number of ether oxygens (including phenoxy) is 1. The van der Waals surface area contributed by atoms with E-state index >= 15 is 0 Å². The van der Waals surface area contributed by atoms with E-state index in [0.29, 0.717) is 11.8 Å². The maximum Gasteiger partial charge on any atom is 0.169 e. The minimum absolute atomic E-state index is 0.580. The molecule has 0 amide bonds. The molecule has 2 aromatic heterocycles. The van der Waals surface area contributed by atoms with E-state index in [9.17, 15) is 0 Å². The van der Waals surface area contributed by atoms with Crippen LogP contribution in [0.3, 0.4) is 0 Å². The van der Waals surface area contributed by atoms with Gasteiger partial charge in [-0.15, -0.1) is 0 Å². The van der Waals surface area contributed by atoms with Crippen LogP contribution in [0.4, 0.5) is 0 Å². The first kappa shape index (κ1) is 19.1. The van der Waals surface area contributed by atoms with Gasteiger partial charge in [-0.2, -0.15) is 0 Å². The minimum Gasteiger partial charge on any atom is -0.496 e. The van der Waals surface area contributed by atoms with Crippen molar-refractivity contribution >= 4 is 11.8 Å². The standard InChI is InChI=1S/C22H27N3O2S/c1-15-16(2)25(17-9-5-4-6-10-17)22(23-15)28-14-18-13-20(24-27-18)19-11-7-8-12-21(19)26-3/h7-8,11-13,17H,4-6,9-10,14H2,1-3H3. The molecule has 3 aromatic rings. The van der Waals surface area contributed by atoms with Crippen molar-refractivity contribution in [3.63, 3.8) is 0 Å². The lowest BCUT2D eigenvalue weighted by Gasteiger charge is -2.25. The highest BCUT2D eigenvalue weighted by atomic mass is 32.2. The molecule has 0 aliphatic heterocycles. The van der Waals surface area contributed by atoms with Crippen LogP contribution in [0.15, 0.2) is 40.0 Å². The molecular formula is C22H27N3O2S. The number of benzene rings is 1. The monoisotopic (exact) mass is 397 g/mol. The normalized spacial score (nSPS) is 15.1. The van der Waals surface area contributed by atoms with Gasteiger partial charge in [0.05, 0.1) is 18.6 Å². The summed E-state index contributed by atoms with van der Waals surface area (Å²) in [6.45, 7) is 4.29. The second-order valence-corrected chi connectivity index (χ2v) is 8.34. The first-order chi connectivity index (χ1) is 13.7. The summed E-state index contributed by atoms with van der Waals surface area (Å²) in [6.07, 6.45) is 6.50. The molecule has 0 radical (unpaired) electrons. The van der Waals surface area contributed by atoms with Gasteiger partial charge in [0, 0.05) is 23.4 Å². The quantitative estimate of drug-likeness (QED) is 0.480. The molecule has 0 N–H and O–H groups in total. The second-order valence-electron chi connectivity index (χ2n) is 7.39. The topological polar surface area (TPSA) is 53.1 Å². The number of aryl methyl sites for hydroxylation is 1. The van der Waals surface area contributed by atoms with Gasteiger partial charge in [0.15, 0.2) is 5.16 Å². The van der Waals surface area contributed by atoms with E-state index in [-0.39, 0.29) is 0 Å². The minimum atomic E-state index is 0.580. The van der Waals surface area contributed by atoms with Crippen LogP contribution in [-0.4, -0.2) is 21.8 Å². The van der Waals surface area contributed by atoms with E-state index in [2.05, 4.69) is 23.6 Å². The third-order valence-corrected chi connectivity index (χ3v) is 6.55. The number of para-hydroxylation sites is 1. The summed E-state index contributed by atoms with van der Waals surface area (Å²) in [4.78, 5) is 4.84. The number of rotatable bonds is 6. The Kier molecular flexibility index (Phi) is 5.76. The largest absolute Gasteiger partial charge is 0.496 e. The van der Waals surface area contributed by atoms with Gasteiger partial charge in [0.2, 0.25) is 0 Å². The number of hydrogen-bond donors (Lipinski definition) is 0. The number of methoxy groups -OCH3 is 1. The summed E-state index contributed by atoms with van der Waals surface area (Å²) >= 11 is 1.73. The van der Waals surface area contributed by atoms with Gasteiger partial charge in [-0.05, 0) is 38.8 Å². The Hall–Kier alpha value is -2.21. The Balaban J connectivity index is 1.51. The number of hydrogen-bond acceptors (Lipinski definition) is 5. The summed E-state index contributed by atoms with van der Waals surface area (Å²) < 4.78 is 13.5. The average Bonchev–Trinajstić information content (AvgIpc) is 3.31. The molecule has 1 aromatic carbocycles. The lowest BCUT2D eigenvalue weighted by atomic mass is 9.95. The molecule has 0 spiro atoms. The van der Waals surface area contributed by atoms with Crippen LogP contribution < -0.4 is 4.74 Å². The zero-order chi connectivity index (χ0) is 19.5. The zero-order valence-corrected chi connectivity index (χ0v) is 17.6. The van der Waals surface area contributed by atoms with Crippen molar-refractivity contribution in [2.24, 2.45) is 0 Å². The first-order valence-corrected chi connectivity index (χ1v) is 10.9. The van der Waals surface area contributed by atoms with Crippen molar-refractivity contribution in [2.45, 2.75) is 62.9 Å². The Morgan fingerprint density at radius 2 is 1.96 bits per heavy atom. The highest BCUT2D eigenvalue weighted by Gasteiger charge is 2.22. The van der Waals surface area contributed by atoms with Crippen LogP contribution in [0.2, 0.25) is 0 Å². The number of nitrogens with zero attached hydrogens (tertiary/aromatic N) is 3. The van der Waals surface area contributed by atoms with E-state index < -0.39 is 0 Å². The van der Waals surface area contributed by atoms with Crippen molar-refractivity contribution in [3.8, 4) is 17.0 Å².